The van der Waals surface area contributed by atoms with Crippen LogP contribution in [0.1, 0.15) is 5.56 Å². The highest BCUT2D eigenvalue weighted by Crippen LogP contribution is 2.35. The first-order chi connectivity index (χ1) is 13.9. The molecule has 1 fully saturated rings. The number of amides is 1. The number of aliphatic hydroxyl groups is 1. The second-order valence-corrected chi connectivity index (χ2v) is 8.96. The Kier molecular flexibility index (Phi) is 5.03. The number of hydrogen-bond acceptors (Lipinski definition) is 7. The van der Waals surface area contributed by atoms with Gasteiger partial charge in [0.05, 0.1) is 5.69 Å². The summed E-state index contributed by atoms with van der Waals surface area (Å²) < 4.78 is 2.71. The topological polar surface area (TPSA) is 95.3 Å². The Morgan fingerprint density at radius 2 is 1.76 bits per heavy atom. The third-order valence-corrected chi connectivity index (χ3v) is 7.02. The number of aryl methyl sites for hydroxylation is 1. The number of thioether (sulfide) groups is 1. The van der Waals surface area contributed by atoms with Crippen LogP contribution >= 0.6 is 35.3 Å². The predicted molar refractivity (Wildman–Crippen MR) is 121 cm³/mol. The standard InChI is InChI=1S/C20H16N4O2S3/c1-11-7-9-13(10-8-11)24-18(26)15(29-20(24)27)19-23(12-5-3-2-4-6-12)16(21)14(28-19)17(22)25/h2-10,21,25H,22H2,1H3/b17-14-,19-15-,21-16?. The second-order valence-electron chi connectivity index (χ2n) is 6.31. The van der Waals surface area contributed by atoms with Gasteiger partial charge in [0.25, 0.3) is 5.91 Å². The molecule has 0 unspecified atom stereocenters. The molecular formula is C20H16N4O2S3. The van der Waals surface area contributed by atoms with Gasteiger partial charge in [0.2, 0.25) is 5.88 Å². The van der Waals surface area contributed by atoms with Crippen molar-refractivity contribution in [2.24, 2.45) is 5.73 Å². The Morgan fingerprint density at radius 1 is 1.10 bits per heavy atom. The summed E-state index contributed by atoms with van der Waals surface area (Å²) in [4.78, 5) is 15.2. The molecular weight excluding hydrogens is 424 g/mol. The van der Waals surface area contributed by atoms with Crippen molar-refractivity contribution < 1.29 is 9.90 Å². The number of nitrogens with one attached hydrogen (secondary N) is 1. The van der Waals surface area contributed by atoms with Crippen molar-refractivity contribution in [1.82, 2.24) is 4.57 Å². The van der Waals surface area contributed by atoms with Gasteiger partial charge in [-0.2, -0.15) is 0 Å². The summed E-state index contributed by atoms with van der Waals surface area (Å²) in [6.07, 6.45) is 0. The molecule has 6 nitrogen and oxygen atoms in total. The molecule has 146 valence electrons. The largest absolute Gasteiger partial charge is 0.494 e. The Morgan fingerprint density at radius 3 is 2.38 bits per heavy atom. The lowest BCUT2D eigenvalue weighted by Gasteiger charge is -2.14. The number of benzene rings is 2. The molecule has 4 rings (SSSR count). The second kappa shape index (κ2) is 7.51. The lowest BCUT2D eigenvalue weighted by atomic mass is 10.2. The SMILES string of the molecule is Cc1ccc(N2C(=O)/C(=c3/s/c(=C(/N)O)c(=N)n3-c3ccccc3)SC2=S)cc1. The number of thiazole rings is 1. The van der Waals surface area contributed by atoms with Gasteiger partial charge < -0.3 is 10.8 Å². The van der Waals surface area contributed by atoms with Gasteiger partial charge >= 0.3 is 0 Å². The Bertz CT molecular complexity index is 1300. The third kappa shape index (κ3) is 3.37. The van der Waals surface area contributed by atoms with E-state index in [1.807, 2.05) is 61.5 Å². The molecule has 0 saturated carbocycles. The lowest BCUT2D eigenvalue weighted by Crippen LogP contribution is -2.34. The monoisotopic (exact) mass is 440 g/mol. The zero-order valence-corrected chi connectivity index (χ0v) is 17.7. The van der Waals surface area contributed by atoms with Crippen LogP contribution in [0, 0.1) is 12.3 Å². The van der Waals surface area contributed by atoms with E-state index in [1.165, 1.54) is 16.7 Å². The van der Waals surface area contributed by atoms with Crippen molar-refractivity contribution in [1.29, 1.82) is 5.41 Å². The van der Waals surface area contributed by atoms with Crippen LogP contribution in [0.2, 0.25) is 0 Å². The molecule has 1 saturated heterocycles. The number of carbonyl (C=O) groups is 1. The highest BCUT2D eigenvalue weighted by molar-refractivity contribution is 8.31. The molecule has 1 aromatic heterocycles. The maximum atomic E-state index is 13.3. The fraction of sp³-hybridized carbons (Fsp3) is 0.0500. The van der Waals surface area contributed by atoms with Gasteiger partial charge in [-0.15, -0.1) is 11.3 Å². The third-order valence-electron chi connectivity index (χ3n) is 4.34. The van der Waals surface area contributed by atoms with Gasteiger partial charge in [-0.05, 0) is 31.2 Å². The molecule has 2 aromatic carbocycles. The number of carbonyl (C=O) groups excluding carboxylic acids is 1. The number of aliphatic hydroxyl groups excluding tert-OH is 1. The van der Waals surface area contributed by atoms with E-state index in [9.17, 15) is 9.90 Å². The quantitative estimate of drug-likeness (QED) is 0.531. The Balaban J connectivity index is 1.99. The molecule has 1 amide bonds. The van der Waals surface area contributed by atoms with Crippen LogP contribution < -0.4 is 25.3 Å². The van der Waals surface area contributed by atoms with Crippen LogP contribution in [-0.2, 0) is 4.79 Å². The number of thiocarbonyl (C=S) groups is 1. The van der Waals surface area contributed by atoms with Crippen LogP contribution in [0.3, 0.4) is 0 Å². The molecule has 29 heavy (non-hydrogen) atoms. The highest BCUT2D eigenvalue weighted by atomic mass is 32.2. The zero-order chi connectivity index (χ0) is 20.7. The number of nitrogens with two attached hydrogens (primary N) is 1. The molecule has 1 aliphatic rings. The van der Waals surface area contributed by atoms with E-state index < -0.39 is 5.88 Å². The van der Waals surface area contributed by atoms with Crippen LogP contribution in [0.5, 0.6) is 0 Å². The summed E-state index contributed by atoms with van der Waals surface area (Å²) in [5, 5.41) is 18.3. The van der Waals surface area contributed by atoms with Crippen LogP contribution in [0.15, 0.2) is 54.6 Å². The summed E-state index contributed by atoms with van der Waals surface area (Å²) in [6.45, 7) is 1.97. The van der Waals surface area contributed by atoms with E-state index in [2.05, 4.69) is 0 Å². The smallest absolute Gasteiger partial charge is 0.273 e. The van der Waals surface area contributed by atoms with E-state index >= 15 is 0 Å². The lowest BCUT2D eigenvalue weighted by molar-refractivity contribution is -0.112. The molecule has 0 bridgehead atoms. The molecule has 0 radical (unpaired) electrons. The first-order valence-electron chi connectivity index (χ1n) is 8.56. The maximum absolute atomic E-state index is 13.3. The van der Waals surface area contributed by atoms with Crippen molar-refractivity contribution in [3.63, 3.8) is 0 Å². The number of rotatable bonds is 2. The minimum atomic E-state index is -0.454. The summed E-state index contributed by atoms with van der Waals surface area (Å²) in [5.41, 5.74) is 8.06. The number of nitrogens with zero attached hydrogens (tertiary/aromatic N) is 2. The zero-order valence-electron chi connectivity index (χ0n) is 15.2. The maximum Gasteiger partial charge on any atom is 0.273 e. The van der Waals surface area contributed by atoms with Gasteiger partial charge in [0.15, 0.2) is 9.81 Å². The number of aromatic nitrogens is 1. The molecule has 0 aliphatic carbocycles. The highest BCUT2D eigenvalue weighted by Gasteiger charge is 2.35. The summed E-state index contributed by atoms with van der Waals surface area (Å²) in [7, 11) is 0. The summed E-state index contributed by atoms with van der Waals surface area (Å²) in [6, 6.07) is 16.7. The Hall–Kier alpha value is -2.88. The van der Waals surface area contributed by atoms with Gasteiger partial charge in [0.1, 0.15) is 14.1 Å². The Labute approximate surface area is 179 Å². The fourth-order valence-corrected chi connectivity index (χ4v) is 5.40. The van der Waals surface area contributed by atoms with Gasteiger partial charge in [0, 0.05) is 5.69 Å². The van der Waals surface area contributed by atoms with Crippen molar-refractivity contribution in [3.8, 4) is 5.69 Å². The van der Waals surface area contributed by atoms with Crippen LogP contribution in [0.4, 0.5) is 5.69 Å². The first-order valence-corrected chi connectivity index (χ1v) is 10.6. The van der Waals surface area contributed by atoms with Crippen molar-refractivity contribution >= 4 is 62.0 Å². The molecule has 2 heterocycles. The average Bonchev–Trinajstić information content (AvgIpc) is 3.19. The van der Waals surface area contributed by atoms with E-state index in [0.29, 0.717) is 25.3 Å². The van der Waals surface area contributed by atoms with E-state index in [-0.39, 0.29) is 15.9 Å². The van der Waals surface area contributed by atoms with Gasteiger partial charge in [-0.1, -0.05) is 59.9 Å². The first kappa shape index (κ1) is 19.4. The summed E-state index contributed by atoms with van der Waals surface area (Å²) in [5.74, 6) is -0.720. The van der Waals surface area contributed by atoms with Gasteiger partial charge in [-0.3, -0.25) is 19.7 Å². The minimum Gasteiger partial charge on any atom is -0.494 e. The van der Waals surface area contributed by atoms with Crippen molar-refractivity contribution in [2.75, 3.05) is 4.90 Å². The number of hydrogen-bond donors (Lipinski definition) is 3. The molecule has 3 aromatic rings. The molecule has 4 N–H and O–H groups in total. The molecule has 9 heteroatoms. The van der Waals surface area contributed by atoms with E-state index in [0.717, 1.165) is 16.9 Å². The average molecular weight is 441 g/mol. The molecule has 0 spiro atoms. The normalized spacial score (nSPS) is 17.1. The van der Waals surface area contributed by atoms with Gasteiger partial charge in [-0.25, -0.2) is 0 Å². The van der Waals surface area contributed by atoms with Crippen molar-refractivity contribution in [3.05, 3.63) is 74.8 Å². The number of para-hydroxylation sites is 1. The molecule has 0 atom stereocenters. The number of anilines is 1. The molecule has 1 aliphatic heterocycles. The van der Waals surface area contributed by atoms with E-state index in [1.54, 1.807) is 4.57 Å². The van der Waals surface area contributed by atoms with Crippen molar-refractivity contribution in [2.45, 2.75) is 6.92 Å². The van der Waals surface area contributed by atoms with Crippen LogP contribution in [-0.4, -0.2) is 19.9 Å². The predicted octanol–water partition coefficient (Wildman–Crippen LogP) is 2.08. The minimum absolute atomic E-state index is 0.0109. The van der Waals surface area contributed by atoms with E-state index in [4.69, 9.17) is 23.4 Å². The summed E-state index contributed by atoms with van der Waals surface area (Å²) >= 11 is 7.74. The van der Waals surface area contributed by atoms with Crippen LogP contribution in [0.25, 0.3) is 16.5 Å². The fourth-order valence-electron chi connectivity index (χ4n) is 2.95.